The topological polar surface area (TPSA) is 121 Å². The maximum atomic E-state index is 12.9. The molecule has 1 aliphatic rings. The summed E-state index contributed by atoms with van der Waals surface area (Å²) < 4.78 is 0. The number of carboxylic acids is 1. The zero-order valence-corrected chi connectivity index (χ0v) is 18.6. The van der Waals surface area contributed by atoms with Crippen molar-refractivity contribution in [2.24, 2.45) is 0 Å². The molecule has 1 aromatic heterocycles. The van der Waals surface area contributed by atoms with E-state index in [9.17, 15) is 14.7 Å². The zero-order valence-electron chi connectivity index (χ0n) is 17.0. The number of hydrogen-bond acceptors (Lipinski definition) is 7. The van der Waals surface area contributed by atoms with Gasteiger partial charge in [-0.1, -0.05) is 65.4 Å². The SMILES string of the molecule is CC(=O)O.Cc1nnc(N2C(=O)C(=O)C(=C(O)c3ccccc3)C2c2cccc(Cl)c2)s1. The fraction of sp³-hybridized carbons (Fsp3) is 0.136. The number of Topliss-reactive ketones (excluding diaryl/α,β-unsaturated/α-hetero) is 1. The van der Waals surface area contributed by atoms with Crippen molar-refractivity contribution < 1.29 is 24.6 Å². The minimum atomic E-state index is -0.855. The van der Waals surface area contributed by atoms with Crippen LogP contribution >= 0.6 is 22.9 Å². The van der Waals surface area contributed by atoms with Crippen LogP contribution in [0.15, 0.2) is 60.2 Å². The summed E-state index contributed by atoms with van der Waals surface area (Å²) in [6.07, 6.45) is 0. The molecule has 1 fully saturated rings. The van der Waals surface area contributed by atoms with Crippen molar-refractivity contribution in [3.63, 3.8) is 0 Å². The number of aliphatic carboxylic acids is 1. The van der Waals surface area contributed by atoms with Crippen molar-refractivity contribution in [2.75, 3.05) is 4.90 Å². The molecule has 8 nitrogen and oxygen atoms in total. The van der Waals surface area contributed by atoms with Crippen LogP contribution in [0.25, 0.3) is 5.76 Å². The molecule has 2 heterocycles. The van der Waals surface area contributed by atoms with E-state index in [0.29, 0.717) is 21.2 Å². The molecule has 0 saturated carbocycles. The Balaban J connectivity index is 0.000000668. The second-order valence-corrected chi connectivity index (χ2v) is 8.31. The van der Waals surface area contributed by atoms with E-state index < -0.39 is 23.7 Å². The van der Waals surface area contributed by atoms with E-state index in [1.807, 2.05) is 0 Å². The number of rotatable bonds is 3. The van der Waals surface area contributed by atoms with Gasteiger partial charge in [0.2, 0.25) is 5.13 Å². The summed E-state index contributed by atoms with van der Waals surface area (Å²) in [6.45, 7) is 2.84. The van der Waals surface area contributed by atoms with E-state index in [1.54, 1.807) is 61.5 Å². The summed E-state index contributed by atoms with van der Waals surface area (Å²) in [6, 6.07) is 14.6. The van der Waals surface area contributed by atoms with Gasteiger partial charge >= 0.3 is 5.91 Å². The van der Waals surface area contributed by atoms with E-state index in [-0.39, 0.29) is 16.5 Å². The van der Waals surface area contributed by atoms with Crippen molar-refractivity contribution in [2.45, 2.75) is 19.9 Å². The van der Waals surface area contributed by atoms with Crippen LogP contribution in [0.5, 0.6) is 0 Å². The molecular formula is C22H18ClN3O5S. The number of hydrogen-bond donors (Lipinski definition) is 2. The number of aromatic nitrogens is 2. The highest BCUT2D eigenvalue weighted by Gasteiger charge is 2.48. The monoisotopic (exact) mass is 471 g/mol. The Kier molecular flexibility index (Phi) is 7.01. The highest BCUT2D eigenvalue weighted by Crippen LogP contribution is 2.43. The molecule has 164 valence electrons. The van der Waals surface area contributed by atoms with Gasteiger partial charge in [0, 0.05) is 17.5 Å². The lowest BCUT2D eigenvalue weighted by atomic mass is 9.95. The third-order valence-electron chi connectivity index (χ3n) is 4.38. The minimum Gasteiger partial charge on any atom is -0.507 e. The Morgan fingerprint density at radius 1 is 1.06 bits per heavy atom. The Morgan fingerprint density at radius 3 is 2.28 bits per heavy atom. The lowest BCUT2D eigenvalue weighted by molar-refractivity contribution is -0.134. The number of carbonyl (C=O) groups excluding carboxylic acids is 2. The van der Waals surface area contributed by atoms with E-state index in [4.69, 9.17) is 21.5 Å². The van der Waals surface area contributed by atoms with Gasteiger partial charge in [0.25, 0.3) is 11.8 Å². The molecule has 1 amide bonds. The molecule has 1 aliphatic heterocycles. The Hall–Kier alpha value is -3.56. The van der Waals surface area contributed by atoms with Gasteiger partial charge in [0.05, 0.1) is 11.6 Å². The molecule has 1 unspecified atom stereocenters. The van der Waals surface area contributed by atoms with Gasteiger partial charge in [-0.05, 0) is 24.6 Å². The summed E-state index contributed by atoms with van der Waals surface area (Å²) in [5, 5.41) is 27.7. The Bertz CT molecular complexity index is 1210. The molecule has 2 N–H and O–H groups in total. The van der Waals surface area contributed by atoms with Crippen LogP contribution in [-0.4, -0.2) is 38.1 Å². The Morgan fingerprint density at radius 2 is 1.72 bits per heavy atom. The fourth-order valence-corrected chi connectivity index (χ4v) is 4.07. The third kappa shape index (κ3) is 4.84. The summed E-state index contributed by atoms with van der Waals surface area (Å²) in [5.41, 5.74) is 1.03. The first kappa shape index (κ1) is 23.1. The molecule has 32 heavy (non-hydrogen) atoms. The summed E-state index contributed by atoms with van der Waals surface area (Å²) in [7, 11) is 0. The van der Waals surface area contributed by atoms with Crippen molar-refractivity contribution in [3.05, 3.63) is 81.3 Å². The van der Waals surface area contributed by atoms with Gasteiger partial charge in [0.1, 0.15) is 10.8 Å². The molecular weight excluding hydrogens is 454 g/mol. The van der Waals surface area contributed by atoms with Crippen LogP contribution < -0.4 is 4.90 Å². The number of anilines is 1. The first-order valence-corrected chi connectivity index (χ1v) is 10.5. The summed E-state index contributed by atoms with van der Waals surface area (Å²) in [5.74, 6) is -2.62. The van der Waals surface area contributed by atoms with Gasteiger partial charge in [-0.15, -0.1) is 10.2 Å². The lowest BCUT2D eigenvalue weighted by Gasteiger charge is -2.22. The second-order valence-electron chi connectivity index (χ2n) is 6.71. The molecule has 0 aliphatic carbocycles. The maximum Gasteiger partial charge on any atom is 0.301 e. The number of nitrogens with zero attached hydrogens (tertiary/aromatic N) is 3. The molecule has 3 aromatic rings. The van der Waals surface area contributed by atoms with Crippen LogP contribution in [0.2, 0.25) is 5.02 Å². The van der Waals surface area contributed by atoms with Gasteiger partial charge in [-0.2, -0.15) is 0 Å². The second kappa shape index (κ2) is 9.71. The van der Waals surface area contributed by atoms with Crippen molar-refractivity contribution in [3.8, 4) is 0 Å². The highest BCUT2D eigenvalue weighted by molar-refractivity contribution is 7.15. The van der Waals surface area contributed by atoms with Crippen LogP contribution in [-0.2, 0) is 14.4 Å². The Labute approximate surface area is 192 Å². The number of amides is 1. The zero-order chi connectivity index (χ0) is 23.4. The summed E-state index contributed by atoms with van der Waals surface area (Å²) >= 11 is 7.34. The van der Waals surface area contributed by atoms with Crippen LogP contribution in [0, 0.1) is 6.92 Å². The smallest absolute Gasteiger partial charge is 0.301 e. The lowest BCUT2D eigenvalue weighted by Crippen LogP contribution is -2.29. The molecule has 0 radical (unpaired) electrons. The number of carbonyl (C=O) groups is 3. The van der Waals surface area contributed by atoms with Gasteiger partial charge < -0.3 is 10.2 Å². The van der Waals surface area contributed by atoms with Gasteiger partial charge in [0.15, 0.2) is 0 Å². The molecule has 0 spiro atoms. The van der Waals surface area contributed by atoms with Gasteiger partial charge in [-0.3, -0.25) is 19.3 Å². The third-order valence-corrected chi connectivity index (χ3v) is 5.45. The van der Waals surface area contributed by atoms with E-state index in [2.05, 4.69) is 10.2 Å². The molecule has 1 saturated heterocycles. The minimum absolute atomic E-state index is 0.00804. The largest absolute Gasteiger partial charge is 0.507 e. The number of aliphatic hydroxyl groups is 1. The number of halogens is 1. The molecule has 4 rings (SSSR count). The number of aryl methyl sites for hydroxylation is 1. The van der Waals surface area contributed by atoms with E-state index >= 15 is 0 Å². The van der Waals surface area contributed by atoms with Crippen molar-refractivity contribution >= 4 is 51.5 Å². The fourth-order valence-electron chi connectivity index (χ4n) is 3.16. The molecule has 1 atom stereocenters. The first-order valence-electron chi connectivity index (χ1n) is 9.32. The standard InChI is InChI=1S/C20H14ClN3O3S.C2H4O2/c1-11-22-23-20(28-11)24-16(13-8-5-9-14(21)10-13)15(18(26)19(24)27)17(25)12-6-3-2-4-7-12;1-2(3)4/h2-10,16,25H,1H3;1H3,(H,3,4). The average Bonchev–Trinajstić information content (AvgIpc) is 3.29. The predicted molar refractivity (Wildman–Crippen MR) is 121 cm³/mol. The van der Waals surface area contributed by atoms with E-state index in [1.165, 1.54) is 16.2 Å². The number of aliphatic hydroxyl groups excluding tert-OH is 1. The normalized spacial score (nSPS) is 17.1. The summed E-state index contributed by atoms with van der Waals surface area (Å²) in [4.78, 5) is 36.0. The maximum absolute atomic E-state index is 12.9. The van der Waals surface area contributed by atoms with Crippen LogP contribution in [0.4, 0.5) is 5.13 Å². The predicted octanol–water partition coefficient (Wildman–Crippen LogP) is 4.22. The quantitative estimate of drug-likeness (QED) is 0.333. The van der Waals surface area contributed by atoms with Crippen molar-refractivity contribution in [1.29, 1.82) is 0 Å². The van der Waals surface area contributed by atoms with Crippen molar-refractivity contribution in [1.82, 2.24) is 10.2 Å². The van der Waals surface area contributed by atoms with Crippen LogP contribution in [0.1, 0.15) is 29.1 Å². The first-order chi connectivity index (χ1) is 15.2. The molecule has 2 aromatic carbocycles. The number of benzene rings is 2. The van der Waals surface area contributed by atoms with E-state index in [0.717, 1.165) is 6.92 Å². The average molecular weight is 472 g/mol. The van der Waals surface area contributed by atoms with Gasteiger partial charge in [-0.25, -0.2) is 0 Å². The van der Waals surface area contributed by atoms with Crippen LogP contribution in [0.3, 0.4) is 0 Å². The number of carboxylic acid groups (broad SMARTS) is 1. The highest BCUT2D eigenvalue weighted by atomic mass is 35.5. The molecule has 0 bridgehead atoms. The number of ketones is 1. The molecule has 10 heteroatoms.